The van der Waals surface area contributed by atoms with Gasteiger partial charge in [0.05, 0.1) is 11.0 Å². The molecule has 2 fully saturated rings. The molecule has 0 aromatic heterocycles. The summed E-state index contributed by atoms with van der Waals surface area (Å²) in [6, 6.07) is 0. The predicted octanol–water partition coefficient (Wildman–Crippen LogP) is 0.917. The van der Waals surface area contributed by atoms with Crippen molar-refractivity contribution >= 4 is 22.2 Å². The van der Waals surface area contributed by atoms with Crippen LogP contribution in [0.25, 0.3) is 0 Å². The van der Waals surface area contributed by atoms with Crippen molar-refractivity contribution in [3.63, 3.8) is 0 Å². The van der Waals surface area contributed by atoms with Crippen molar-refractivity contribution in [2.75, 3.05) is 38.5 Å². The van der Waals surface area contributed by atoms with Crippen LogP contribution in [0.4, 0.5) is 0 Å². The molecular weight excluding hydrogens is 272 g/mol. The topological polar surface area (TPSA) is 49.4 Å². The maximum absolute atomic E-state index is 11.8. The predicted molar refractivity (Wildman–Crippen MR) is 77.1 cm³/mol. The standard InChI is InChI=1S/C12H24N2O2S.ClH/c1-11-4-6-14(7-8-17(11,15)16)10-12-3-2-5-13-9-12;/h11-13H,2-10H2,1H3;1H. The van der Waals surface area contributed by atoms with E-state index in [9.17, 15) is 8.42 Å². The van der Waals surface area contributed by atoms with E-state index < -0.39 is 9.84 Å². The number of nitrogens with zero attached hydrogens (tertiary/aromatic N) is 1. The number of piperidine rings is 1. The largest absolute Gasteiger partial charge is 0.316 e. The molecule has 0 radical (unpaired) electrons. The lowest BCUT2D eigenvalue weighted by atomic mass is 9.99. The Morgan fingerprint density at radius 1 is 1.28 bits per heavy atom. The lowest BCUT2D eigenvalue weighted by molar-refractivity contribution is 0.218. The Morgan fingerprint density at radius 3 is 2.72 bits per heavy atom. The van der Waals surface area contributed by atoms with E-state index in [0.29, 0.717) is 11.7 Å². The molecule has 4 nitrogen and oxygen atoms in total. The summed E-state index contributed by atoms with van der Waals surface area (Å²) in [4.78, 5) is 2.35. The van der Waals surface area contributed by atoms with Gasteiger partial charge in [0, 0.05) is 13.1 Å². The van der Waals surface area contributed by atoms with E-state index in [2.05, 4.69) is 10.2 Å². The quantitative estimate of drug-likeness (QED) is 0.823. The zero-order valence-electron chi connectivity index (χ0n) is 11.1. The summed E-state index contributed by atoms with van der Waals surface area (Å²) >= 11 is 0. The fraction of sp³-hybridized carbons (Fsp3) is 1.00. The first-order chi connectivity index (χ1) is 8.08. The fourth-order valence-corrected chi connectivity index (χ4v) is 4.12. The van der Waals surface area contributed by atoms with Gasteiger partial charge in [0.1, 0.15) is 0 Å². The lowest BCUT2D eigenvalue weighted by Gasteiger charge is -2.29. The highest BCUT2D eigenvalue weighted by Gasteiger charge is 2.27. The molecule has 2 unspecified atom stereocenters. The second-order valence-corrected chi connectivity index (χ2v) is 8.02. The van der Waals surface area contributed by atoms with Crippen molar-refractivity contribution < 1.29 is 8.42 Å². The molecule has 0 spiro atoms. The van der Waals surface area contributed by atoms with Crippen LogP contribution in [0.15, 0.2) is 0 Å². The van der Waals surface area contributed by atoms with Crippen LogP contribution in [0.3, 0.4) is 0 Å². The maximum Gasteiger partial charge on any atom is 0.154 e. The van der Waals surface area contributed by atoms with E-state index >= 15 is 0 Å². The molecule has 2 heterocycles. The molecule has 2 saturated heterocycles. The van der Waals surface area contributed by atoms with Crippen molar-refractivity contribution in [1.82, 2.24) is 10.2 Å². The van der Waals surface area contributed by atoms with Gasteiger partial charge in [0.15, 0.2) is 9.84 Å². The van der Waals surface area contributed by atoms with Gasteiger partial charge in [-0.2, -0.15) is 0 Å². The molecule has 0 saturated carbocycles. The van der Waals surface area contributed by atoms with Crippen LogP contribution in [0.2, 0.25) is 0 Å². The third kappa shape index (κ3) is 4.37. The van der Waals surface area contributed by atoms with Crippen molar-refractivity contribution in [1.29, 1.82) is 0 Å². The van der Waals surface area contributed by atoms with Gasteiger partial charge in [-0.15, -0.1) is 12.4 Å². The molecule has 0 aliphatic carbocycles. The van der Waals surface area contributed by atoms with Crippen LogP contribution in [0, 0.1) is 5.92 Å². The van der Waals surface area contributed by atoms with Crippen molar-refractivity contribution in [3.8, 4) is 0 Å². The van der Waals surface area contributed by atoms with Crippen molar-refractivity contribution in [2.45, 2.75) is 31.4 Å². The SMILES string of the molecule is CC1CCN(CC2CCCNC2)CCS1(=O)=O.Cl. The molecule has 0 bridgehead atoms. The molecule has 18 heavy (non-hydrogen) atoms. The summed E-state index contributed by atoms with van der Waals surface area (Å²) in [7, 11) is -2.83. The highest BCUT2D eigenvalue weighted by atomic mass is 35.5. The van der Waals surface area contributed by atoms with E-state index in [1.54, 1.807) is 0 Å². The minimum absolute atomic E-state index is 0. The molecule has 6 heteroatoms. The van der Waals surface area contributed by atoms with Crippen molar-refractivity contribution in [3.05, 3.63) is 0 Å². The summed E-state index contributed by atoms with van der Waals surface area (Å²) in [5.41, 5.74) is 0. The second-order valence-electron chi connectivity index (χ2n) is 5.48. The third-order valence-corrected chi connectivity index (χ3v) is 6.29. The van der Waals surface area contributed by atoms with E-state index in [0.717, 1.165) is 39.1 Å². The van der Waals surface area contributed by atoms with Crippen LogP contribution in [0.1, 0.15) is 26.2 Å². The number of rotatable bonds is 2. The zero-order chi connectivity index (χ0) is 12.3. The Hall–Kier alpha value is 0.160. The highest BCUT2D eigenvalue weighted by molar-refractivity contribution is 7.92. The van der Waals surface area contributed by atoms with Crippen LogP contribution in [-0.2, 0) is 9.84 Å². The Morgan fingerprint density at radius 2 is 2.06 bits per heavy atom. The van der Waals surface area contributed by atoms with Gasteiger partial charge < -0.3 is 10.2 Å². The van der Waals surface area contributed by atoms with E-state index in [1.165, 1.54) is 12.8 Å². The van der Waals surface area contributed by atoms with E-state index in [4.69, 9.17) is 0 Å². The highest BCUT2D eigenvalue weighted by Crippen LogP contribution is 2.17. The number of halogens is 1. The monoisotopic (exact) mass is 296 g/mol. The summed E-state index contributed by atoms with van der Waals surface area (Å²) in [5, 5.41) is 3.26. The van der Waals surface area contributed by atoms with Crippen LogP contribution in [-0.4, -0.2) is 57.0 Å². The van der Waals surface area contributed by atoms with Gasteiger partial charge in [-0.1, -0.05) is 0 Å². The molecule has 0 aromatic carbocycles. The summed E-state index contributed by atoms with van der Waals surface area (Å²) in [6.45, 7) is 6.82. The van der Waals surface area contributed by atoms with E-state index in [1.807, 2.05) is 6.92 Å². The van der Waals surface area contributed by atoms with Gasteiger partial charge in [0.2, 0.25) is 0 Å². The van der Waals surface area contributed by atoms with Crippen LogP contribution in [0.5, 0.6) is 0 Å². The normalized spacial score (nSPS) is 33.4. The maximum atomic E-state index is 11.8. The number of hydrogen-bond donors (Lipinski definition) is 1. The smallest absolute Gasteiger partial charge is 0.154 e. The summed E-state index contributed by atoms with van der Waals surface area (Å²) < 4.78 is 23.6. The summed E-state index contributed by atoms with van der Waals surface area (Å²) in [5.74, 6) is 1.05. The minimum atomic E-state index is -2.83. The van der Waals surface area contributed by atoms with E-state index in [-0.39, 0.29) is 17.7 Å². The number of sulfone groups is 1. The molecular formula is C12H25ClN2O2S. The molecule has 108 valence electrons. The molecule has 1 N–H and O–H groups in total. The molecule has 2 atom stereocenters. The molecule has 0 aromatic rings. The van der Waals surface area contributed by atoms with Crippen LogP contribution < -0.4 is 5.32 Å². The molecule has 2 aliphatic rings. The average Bonchev–Trinajstić information content (AvgIpc) is 2.44. The first kappa shape index (κ1) is 16.2. The van der Waals surface area contributed by atoms with Gasteiger partial charge >= 0.3 is 0 Å². The molecule has 0 amide bonds. The van der Waals surface area contributed by atoms with Gasteiger partial charge in [-0.25, -0.2) is 8.42 Å². The Bertz CT molecular complexity index is 342. The van der Waals surface area contributed by atoms with Gasteiger partial charge in [0.25, 0.3) is 0 Å². The van der Waals surface area contributed by atoms with Gasteiger partial charge in [-0.05, 0) is 51.7 Å². The Balaban J connectivity index is 0.00000162. The number of hydrogen-bond acceptors (Lipinski definition) is 4. The Labute approximate surface area is 117 Å². The third-order valence-electron chi connectivity index (χ3n) is 4.07. The first-order valence-electron chi connectivity index (χ1n) is 6.72. The number of nitrogens with one attached hydrogen (secondary N) is 1. The summed E-state index contributed by atoms with van der Waals surface area (Å²) in [6.07, 6.45) is 3.33. The molecule has 2 rings (SSSR count). The van der Waals surface area contributed by atoms with Crippen LogP contribution >= 0.6 is 12.4 Å². The fourth-order valence-electron chi connectivity index (χ4n) is 2.74. The van der Waals surface area contributed by atoms with Gasteiger partial charge in [-0.3, -0.25) is 0 Å². The first-order valence-corrected chi connectivity index (χ1v) is 8.44. The van der Waals surface area contributed by atoms with Crippen molar-refractivity contribution in [2.24, 2.45) is 5.92 Å². The molecule has 2 aliphatic heterocycles. The average molecular weight is 297 g/mol. The lowest BCUT2D eigenvalue weighted by Crippen LogP contribution is -2.39. The zero-order valence-corrected chi connectivity index (χ0v) is 12.7. The Kier molecular flexibility index (Phi) is 6.38. The second kappa shape index (κ2) is 7.08. The minimum Gasteiger partial charge on any atom is -0.316 e.